The van der Waals surface area contributed by atoms with Gasteiger partial charge in [0.15, 0.2) is 0 Å². The van der Waals surface area contributed by atoms with E-state index in [0.717, 1.165) is 11.3 Å². The molecule has 1 amide bonds. The fourth-order valence-corrected chi connectivity index (χ4v) is 2.61. The quantitative estimate of drug-likeness (QED) is 0.887. The second kappa shape index (κ2) is 6.29. The second-order valence-electron chi connectivity index (χ2n) is 4.19. The molecule has 104 valence electrons. The molecule has 2 N–H and O–H groups in total. The maximum atomic E-state index is 12.1. The summed E-state index contributed by atoms with van der Waals surface area (Å²) in [4.78, 5) is 27.8. The Morgan fingerprint density at radius 3 is 2.70 bits per heavy atom. The van der Waals surface area contributed by atoms with E-state index >= 15 is 0 Å². The lowest BCUT2D eigenvalue weighted by molar-refractivity contribution is 0.0695. The van der Waals surface area contributed by atoms with Crippen molar-refractivity contribution in [1.82, 2.24) is 10.3 Å². The molecule has 0 radical (unpaired) electrons. The number of hydrogen-bond donors (Lipinski definition) is 2. The summed E-state index contributed by atoms with van der Waals surface area (Å²) < 4.78 is 0. The van der Waals surface area contributed by atoms with Crippen molar-refractivity contribution in [3.05, 3.63) is 52.0 Å². The van der Waals surface area contributed by atoms with Crippen molar-refractivity contribution in [1.29, 1.82) is 0 Å². The van der Waals surface area contributed by atoms with Crippen LogP contribution in [0.15, 0.2) is 35.8 Å². The maximum Gasteiger partial charge on any atom is 0.337 e. The van der Waals surface area contributed by atoms with Gasteiger partial charge in [-0.25, -0.2) is 4.79 Å². The lowest BCUT2D eigenvalue weighted by Crippen LogP contribution is -2.28. The minimum Gasteiger partial charge on any atom is -0.478 e. The summed E-state index contributed by atoms with van der Waals surface area (Å²) in [7, 11) is 0. The number of carboxylic acids is 1. The number of carbonyl (C=O) groups excluding carboxylic acids is 1. The second-order valence-corrected chi connectivity index (χ2v) is 5.17. The lowest BCUT2D eigenvalue weighted by Gasteiger charge is -2.15. The van der Waals surface area contributed by atoms with Gasteiger partial charge in [0.1, 0.15) is 5.69 Å². The number of carbonyl (C=O) groups is 2. The predicted molar refractivity (Wildman–Crippen MR) is 76.0 cm³/mol. The van der Waals surface area contributed by atoms with Crippen LogP contribution in [0.25, 0.3) is 0 Å². The first-order chi connectivity index (χ1) is 9.61. The van der Waals surface area contributed by atoms with Crippen LogP contribution in [0.5, 0.6) is 0 Å². The van der Waals surface area contributed by atoms with Gasteiger partial charge >= 0.3 is 5.97 Å². The lowest BCUT2D eigenvalue weighted by atomic mass is 10.1. The van der Waals surface area contributed by atoms with Crippen LogP contribution in [0, 0.1) is 0 Å². The van der Waals surface area contributed by atoms with Crippen LogP contribution in [-0.4, -0.2) is 22.0 Å². The molecule has 0 bridgehead atoms. The topological polar surface area (TPSA) is 79.3 Å². The number of nitrogens with zero attached hydrogens (tertiary/aromatic N) is 1. The summed E-state index contributed by atoms with van der Waals surface area (Å²) in [5, 5.41) is 13.6. The Labute approximate surface area is 120 Å². The van der Waals surface area contributed by atoms with E-state index in [1.165, 1.54) is 18.3 Å². The third kappa shape index (κ3) is 3.21. The van der Waals surface area contributed by atoms with E-state index in [1.54, 1.807) is 11.3 Å². The van der Waals surface area contributed by atoms with Gasteiger partial charge in [-0.05, 0) is 30.0 Å². The van der Waals surface area contributed by atoms with Gasteiger partial charge in [-0.3, -0.25) is 9.78 Å². The van der Waals surface area contributed by atoms with Crippen LogP contribution in [0.2, 0.25) is 0 Å². The Balaban J connectivity index is 2.09. The molecule has 0 saturated carbocycles. The van der Waals surface area contributed by atoms with Crippen LogP contribution in [-0.2, 0) is 0 Å². The molecule has 2 heterocycles. The zero-order valence-corrected chi connectivity index (χ0v) is 11.7. The summed E-state index contributed by atoms with van der Waals surface area (Å²) in [6.45, 7) is 1.99. The number of thiophene rings is 1. The van der Waals surface area contributed by atoms with Crippen molar-refractivity contribution >= 4 is 23.2 Å². The van der Waals surface area contributed by atoms with E-state index in [9.17, 15) is 9.59 Å². The minimum atomic E-state index is -1.06. The summed E-state index contributed by atoms with van der Waals surface area (Å²) in [5.41, 5.74) is 0.275. The van der Waals surface area contributed by atoms with Crippen molar-refractivity contribution in [2.24, 2.45) is 0 Å². The van der Waals surface area contributed by atoms with Crippen LogP contribution < -0.4 is 5.32 Å². The largest absolute Gasteiger partial charge is 0.478 e. The van der Waals surface area contributed by atoms with Crippen molar-refractivity contribution in [3.8, 4) is 0 Å². The summed E-state index contributed by atoms with van der Waals surface area (Å²) >= 11 is 1.59. The first-order valence-corrected chi connectivity index (χ1v) is 7.03. The molecular weight excluding hydrogens is 276 g/mol. The van der Waals surface area contributed by atoms with E-state index in [2.05, 4.69) is 10.3 Å². The van der Waals surface area contributed by atoms with Crippen LogP contribution >= 0.6 is 11.3 Å². The highest BCUT2D eigenvalue weighted by Gasteiger charge is 2.16. The highest BCUT2D eigenvalue weighted by atomic mass is 32.1. The van der Waals surface area contributed by atoms with E-state index < -0.39 is 5.97 Å². The smallest absolute Gasteiger partial charge is 0.337 e. The molecule has 0 fully saturated rings. The van der Waals surface area contributed by atoms with E-state index in [1.807, 2.05) is 24.4 Å². The van der Waals surface area contributed by atoms with E-state index in [4.69, 9.17) is 5.11 Å². The number of pyridine rings is 1. The van der Waals surface area contributed by atoms with Gasteiger partial charge in [-0.15, -0.1) is 11.3 Å². The molecule has 6 heteroatoms. The Bertz CT molecular complexity index is 593. The standard InChI is InChI=1S/C14H14N2O3S/c1-2-10(12-4-3-7-20-12)16-13(17)11-6-5-9(8-15-11)14(18)19/h3-8,10H,2H2,1H3,(H,16,17)(H,18,19). The first-order valence-electron chi connectivity index (χ1n) is 6.15. The Hall–Kier alpha value is -2.21. The van der Waals surface area contributed by atoms with Gasteiger partial charge in [-0.2, -0.15) is 0 Å². The van der Waals surface area contributed by atoms with Gasteiger partial charge in [0.2, 0.25) is 0 Å². The molecule has 2 rings (SSSR count). The molecule has 5 nitrogen and oxygen atoms in total. The number of hydrogen-bond acceptors (Lipinski definition) is 4. The van der Waals surface area contributed by atoms with Crippen molar-refractivity contribution in [2.75, 3.05) is 0 Å². The molecule has 20 heavy (non-hydrogen) atoms. The number of amides is 1. The molecule has 0 aliphatic carbocycles. The van der Waals surface area contributed by atoms with Gasteiger partial charge in [-0.1, -0.05) is 13.0 Å². The van der Waals surface area contributed by atoms with Gasteiger partial charge in [0.25, 0.3) is 5.91 Å². The summed E-state index contributed by atoms with van der Waals surface area (Å²) in [5.74, 6) is -1.36. The Kier molecular flexibility index (Phi) is 4.47. The van der Waals surface area contributed by atoms with Crippen LogP contribution in [0.4, 0.5) is 0 Å². The molecule has 1 atom stereocenters. The molecule has 0 aromatic carbocycles. The average molecular weight is 290 g/mol. The van der Waals surface area contributed by atoms with Crippen LogP contribution in [0.3, 0.4) is 0 Å². The number of aromatic carboxylic acids is 1. The molecule has 0 aliphatic rings. The molecule has 0 saturated heterocycles. The molecule has 2 aromatic heterocycles. The summed E-state index contributed by atoms with van der Waals surface area (Å²) in [6.07, 6.45) is 1.96. The predicted octanol–water partition coefficient (Wildman–Crippen LogP) is 2.72. The van der Waals surface area contributed by atoms with Gasteiger partial charge in [0.05, 0.1) is 11.6 Å². The van der Waals surface area contributed by atoms with E-state index in [-0.39, 0.29) is 23.2 Å². The number of aromatic nitrogens is 1. The zero-order chi connectivity index (χ0) is 14.5. The first kappa shape index (κ1) is 14.2. The Morgan fingerprint density at radius 1 is 1.40 bits per heavy atom. The molecule has 2 aromatic rings. The molecular formula is C14H14N2O3S. The number of nitrogens with one attached hydrogen (secondary N) is 1. The highest BCUT2D eigenvalue weighted by molar-refractivity contribution is 7.10. The van der Waals surface area contributed by atoms with Gasteiger partial charge in [0, 0.05) is 11.1 Å². The minimum absolute atomic E-state index is 0.0524. The van der Waals surface area contributed by atoms with Crippen LogP contribution in [0.1, 0.15) is 45.1 Å². The fourth-order valence-electron chi connectivity index (χ4n) is 1.75. The van der Waals surface area contributed by atoms with Gasteiger partial charge < -0.3 is 10.4 Å². The monoisotopic (exact) mass is 290 g/mol. The molecule has 0 spiro atoms. The fraction of sp³-hybridized carbons (Fsp3) is 0.214. The molecule has 1 unspecified atom stereocenters. The SMILES string of the molecule is CCC(NC(=O)c1ccc(C(=O)O)cn1)c1cccs1. The Morgan fingerprint density at radius 2 is 2.20 bits per heavy atom. The third-order valence-corrected chi connectivity index (χ3v) is 3.83. The maximum absolute atomic E-state index is 12.1. The highest BCUT2D eigenvalue weighted by Crippen LogP contribution is 2.21. The zero-order valence-electron chi connectivity index (χ0n) is 10.9. The molecule has 0 aliphatic heterocycles. The number of carboxylic acid groups (broad SMARTS) is 1. The van der Waals surface area contributed by atoms with E-state index in [0.29, 0.717) is 0 Å². The number of rotatable bonds is 5. The van der Waals surface area contributed by atoms with Crippen molar-refractivity contribution in [3.63, 3.8) is 0 Å². The van der Waals surface area contributed by atoms with Crippen molar-refractivity contribution in [2.45, 2.75) is 19.4 Å². The normalized spacial score (nSPS) is 11.8. The van der Waals surface area contributed by atoms with Crippen molar-refractivity contribution < 1.29 is 14.7 Å². The summed E-state index contributed by atoms with van der Waals surface area (Å²) in [6, 6.07) is 6.65. The average Bonchev–Trinajstić information content (AvgIpc) is 2.98. The third-order valence-electron chi connectivity index (χ3n) is 2.84.